The Morgan fingerprint density at radius 2 is 1.81 bits per heavy atom. The molecule has 2 fully saturated rings. The summed E-state index contributed by atoms with van der Waals surface area (Å²) in [7, 11) is 1.53. The van der Waals surface area contributed by atoms with Crippen LogP contribution in [0.3, 0.4) is 0 Å². The average molecular weight is 308 g/mol. The number of urea groups is 1. The number of hydrogen-bond acceptors (Lipinski definition) is 3. The van der Waals surface area contributed by atoms with Crippen LogP contribution >= 0.6 is 11.6 Å². The normalized spacial score (nSPS) is 21.9. The van der Waals surface area contributed by atoms with Gasteiger partial charge in [-0.3, -0.25) is 14.6 Å². The fourth-order valence-electron chi connectivity index (χ4n) is 3.04. The summed E-state index contributed by atoms with van der Waals surface area (Å²) in [6.45, 7) is 2.43. The number of hydrogen-bond donors (Lipinski definition) is 1. The van der Waals surface area contributed by atoms with Gasteiger partial charge in [-0.25, -0.2) is 4.79 Å². The molecule has 5 nitrogen and oxygen atoms in total. The summed E-state index contributed by atoms with van der Waals surface area (Å²) < 4.78 is 0. The number of nitrogens with zero attached hydrogens (tertiary/aromatic N) is 2. The van der Waals surface area contributed by atoms with Gasteiger partial charge >= 0.3 is 6.03 Å². The van der Waals surface area contributed by atoms with E-state index in [4.69, 9.17) is 11.6 Å². The van der Waals surface area contributed by atoms with Crippen molar-refractivity contribution >= 4 is 23.5 Å². The van der Waals surface area contributed by atoms with E-state index in [1.54, 1.807) is 0 Å². The van der Waals surface area contributed by atoms with Gasteiger partial charge in [0.1, 0.15) is 5.54 Å². The lowest BCUT2D eigenvalue weighted by atomic mass is 9.87. The minimum Gasteiger partial charge on any atom is -0.323 e. The van der Waals surface area contributed by atoms with Gasteiger partial charge in [-0.2, -0.15) is 0 Å². The van der Waals surface area contributed by atoms with Gasteiger partial charge < -0.3 is 5.32 Å². The van der Waals surface area contributed by atoms with Gasteiger partial charge in [0.15, 0.2) is 0 Å². The molecule has 21 heavy (non-hydrogen) atoms. The van der Waals surface area contributed by atoms with Crippen molar-refractivity contribution in [3.05, 3.63) is 34.9 Å². The van der Waals surface area contributed by atoms with Crippen LogP contribution in [0, 0.1) is 0 Å². The standard InChI is InChI=1S/C15H18ClN3O2/c1-18-13(20)15(17-14(18)21)6-8-19(9-7-15)10-11-2-4-12(16)5-3-11/h2-5H,6-10H2,1H3,(H,17,21). The summed E-state index contributed by atoms with van der Waals surface area (Å²) in [5, 5.41) is 3.59. The first kappa shape index (κ1) is 14.4. The molecule has 0 unspecified atom stereocenters. The number of rotatable bonds is 2. The summed E-state index contributed by atoms with van der Waals surface area (Å²) in [4.78, 5) is 27.3. The monoisotopic (exact) mass is 307 g/mol. The van der Waals surface area contributed by atoms with E-state index in [0.717, 1.165) is 24.7 Å². The Labute approximate surface area is 128 Å². The lowest BCUT2D eigenvalue weighted by Gasteiger charge is -2.37. The first-order valence-electron chi connectivity index (χ1n) is 7.07. The Kier molecular flexibility index (Phi) is 3.63. The Morgan fingerprint density at radius 3 is 2.33 bits per heavy atom. The van der Waals surface area contributed by atoms with Gasteiger partial charge in [0, 0.05) is 31.7 Å². The summed E-state index contributed by atoms with van der Waals surface area (Å²) in [5.41, 5.74) is 0.525. The highest BCUT2D eigenvalue weighted by Crippen LogP contribution is 2.29. The van der Waals surface area contributed by atoms with Crippen LogP contribution in [0.4, 0.5) is 4.79 Å². The maximum atomic E-state index is 12.2. The van der Waals surface area contributed by atoms with Crippen molar-refractivity contribution in [1.29, 1.82) is 0 Å². The van der Waals surface area contributed by atoms with Gasteiger partial charge in [0.25, 0.3) is 5.91 Å². The largest absolute Gasteiger partial charge is 0.324 e. The Balaban J connectivity index is 1.62. The number of carbonyl (C=O) groups excluding carboxylic acids is 2. The maximum absolute atomic E-state index is 12.2. The third-order valence-electron chi connectivity index (χ3n) is 4.39. The zero-order valence-corrected chi connectivity index (χ0v) is 12.7. The van der Waals surface area contributed by atoms with E-state index >= 15 is 0 Å². The molecule has 1 aromatic rings. The summed E-state index contributed by atoms with van der Waals surface area (Å²) >= 11 is 5.88. The number of piperidine rings is 1. The second kappa shape index (κ2) is 5.31. The number of likely N-dealkylation sites (tertiary alicyclic amines) is 1. The van der Waals surface area contributed by atoms with E-state index in [9.17, 15) is 9.59 Å². The molecule has 1 aromatic carbocycles. The van der Waals surface area contributed by atoms with Crippen molar-refractivity contribution < 1.29 is 9.59 Å². The van der Waals surface area contributed by atoms with Crippen molar-refractivity contribution in [1.82, 2.24) is 15.1 Å². The minimum absolute atomic E-state index is 0.0985. The van der Waals surface area contributed by atoms with E-state index in [2.05, 4.69) is 10.2 Å². The molecule has 0 saturated carbocycles. The topological polar surface area (TPSA) is 52.7 Å². The summed E-state index contributed by atoms with van der Waals surface area (Å²) in [6.07, 6.45) is 1.32. The number of carbonyl (C=O) groups is 2. The molecule has 2 aliphatic heterocycles. The van der Waals surface area contributed by atoms with Crippen LogP contribution in [0.15, 0.2) is 24.3 Å². The molecule has 2 heterocycles. The number of amides is 3. The second-order valence-corrected chi connectivity index (χ2v) is 6.22. The quantitative estimate of drug-likeness (QED) is 0.849. The molecule has 0 aliphatic carbocycles. The Morgan fingerprint density at radius 1 is 1.19 bits per heavy atom. The summed E-state index contributed by atoms with van der Waals surface area (Å²) in [5.74, 6) is -0.0985. The third-order valence-corrected chi connectivity index (χ3v) is 4.65. The van der Waals surface area contributed by atoms with Crippen molar-refractivity contribution in [2.24, 2.45) is 0 Å². The molecule has 1 spiro atoms. The highest BCUT2D eigenvalue weighted by atomic mass is 35.5. The van der Waals surface area contributed by atoms with Crippen LogP contribution in [0.2, 0.25) is 5.02 Å². The van der Waals surface area contributed by atoms with Crippen LogP contribution in [-0.2, 0) is 11.3 Å². The van der Waals surface area contributed by atoms with Crippen molar-refractivity contribution in [3.8, 4) is 0 Å². The second-order valence-electron chi connectivity index (χ2n) is 5.78. The predicted octanol–water partition coefficient (Wildman–Crippen LogP) is 1.86. The average Bonchev–Trinajstić information content (AvgIpc) is 2.69. The molecule has 2 saturated heterocycles. The molecule has 0 radical (unpaired) electrons. The van der Waals surface area contributed by atoms with Crippen LogP contribution < -0.4 is 5.32 Å². The smallest absolute Gasteiger partial charge is 0.323 e. The summed E-state index contributed by atoms with van der Waals surface area (Å²) in [6, 6.07) is 7.52. The fraction of sp³-hybridized carbons (Fsp3) is 0.467. The van der Waals surface area contributed by atoms with Gasteiger partial charge in [-0.1, -0.05) is 23.7 Å². The lowest BCUT2D eigenvalue weighted by Crippen LogP contribution is -2.54. The van der Waals surface area contributed by atoms with Crippen LogP contribution in [0.1, 0.15) is 18.4 Å². The third kappa shape index (κ3) is 2.63. The van der Waals surface area contributed by atoms with Crippen LogP contribution in [0.5, 0.6) is 0 Å². The zero-order chi connectivity index (χ0) is 15.0. The van der Waals surface area contributed by atoms with E-state index in [-0.39, 0.29) is 11.9 Å². The SMILES string of the molecule is CN1C(=O)NC2(CCN(Cc3ccc(Cl)cc3)CC2)C1=O. The van der Waals surface area contributed by atoms with E-state index in [1.165, 1.54) is 17.5 Å². The maximum Gasteiger partial charge on any atom is 0.324 e. The Hall–Kier alpha value is -1.59. The molecule has 6 heteroatoms. The molecule has 3 rings (SSSR count). The molecule has 0 bridgehead atoms. The number of imide groups is 1. The molecule has 3 amide bonds. The van der Waals surface area contributed by atoms with Gasteiger partial charge in [-0.15, -0.1) is 0 Å². The predicted molar refractivity (Wildman–Crippen MR) is 80.0 cm³/mol. The molecular formula is C15H18ClN3O2. The number of benzene rings is 1. The van der Waals surface area contributed by atoms with E-state index < -0.39 is 5.54 Å². The number of halogens is 1. The molecule has 2 aliphatic rings. The molecule has 0 aromatic heterocycles. The van der Waals surface area contributed by atoms with Gasteiger partial charge in [-0.05, 0) is 30.5 Å². The van der Waals surface area contributed by atoms with Crippen molar-refractivity contribution in [2.45, 2.75) is 24.9 Å². The van der Waals surface area contributed by atoms with Crippen molar-refractivity contribution in [2.75, 3.05) is 20.1 Å². The first-order chi connectivity index (χ1) is 10.00. The highest BCUT2D eigenvalue weighted by Gasteiger charge is 2.50. The van der Waals surface area contributed by atoms with Crippen LogP contribution in [0.25, 0.3) is 0 Å². The molecular weight excluding hydrogens is 290 g/mol. The Bertz CT molecular complexity index is 565. The number of likely N-dealkylation sites (N-methyl/N-ethyl adjacent to an activating group) is 1. The van der Waals surface area contributed by atoms with Crippen molar-refractivity contribution in [3.63, 3.8) is 0 Å². The van der Waals surface area contributed by atoms with E-state index in [1.807, 2.05) is 24.3 Å². The highest BCUT2D eigenvalue weighted by molar-refractivity contribution is 6.30. The fourth-order valence-corrected chi connectivity index (χ4v) is 3.16. The molecule has 112 valence electrons. The van der Waals surface area contributed by atoms with Gasteiger partial charge in [0.2, 0.25) is 0 Å². The first-order valence-corrected chi connectivity index (χ1v) is 7.45. The zero-order valence-electron chi connectivity index (χ0n) is 11.9. The van der Waals surface area contributed by atoms with E-state index in [0.29, 0.717) is 12.8 Å². The molecule has 0 atom stereocenters. The van der Waals surface area contributed by atoms with Crippen LogP contribution in [-0.4, -0.2) is 47.4 Å². The minimum atomic E-state index is -0.678. The molecule has 1 N–H and O–H groups in total. The number of nitrogens with one attached hydrogen (secondary N) is 1. The van der Waals surface area contributed by atoms with Gasteiger partial charge in [0.05, 0.1) is 0 Å². The lowest BCUT2D eigenvalue weighted by molar-refractivity contribution is -0.132.